The lowest BCUT2D eigenvalue weighted by molar-refractivity contribution is -0.0241. The number of aryl methyl sites for hydroxylation is 1. The maximum atomic E-state index is 12.8. The molecule has 5 rings (SSSR count). The molecule has 0 N–H and O–H groups in total. The highest BCUT2D eigenvalue weighted by atomic mass is 32.1. The van der Waals surface area contributed by atoms with Crippen LogP contribution >= 0.6 is 11.5 Å². The molecule has 0 unspecified atom stereocenters. The number of morpholine rings is 1. The lowest BCUT2D eigenvalue weighted by atomic mass is 10.1. The van der Waals surface area contributed by atoms with Crippen molar-refractivity contribution in [1.82, 2.24) is 28.9 Å². The molecule has 8 nitrogen and oxygen atoms in total. The molecule has 1 fully saturated rings. The summed E-state index contributed by atoms with van der Waals surface area (Å²) < 4.78 is 11.8. The van der Waals surface area contributed by atoms with Crippen LogP contribution in [0.1, 0.15) is 27.2 Å². The molecule has 1 atom stereocenters. The molecule has 146 valence electrons. The van der Waals surface area contributed by atoms with Gasteiger partial charge < -0.3 is 14.0 Å². The summed E-state index contributed by atoms with van der Waals surface area (Å²) in [5.74, 6) is -0.105. The normalized spacial score (nSPS) is 17.0. The molecule has 0 aromatic carbocycles. The van der Waals surface area contributed by atoms with Crippen molar-refractivity contribution in [2.45, 2.75) is 13.0 Å². The van der Waals surface area contributed by atoms with E-state index in [1.165, 1.54) is 11.5 Å². The van der Waals surface area contributed by atoms with E-state index in [0.717, 1.165) is 27.2 Å². The van der Waals surface area contributed by atoms with Crippen LogP contribution in [0.15, 0.2) is 49.2 Å². The van der Waals surface area contributed by atoms with Crippen LogP contribution in [-0.4, -0.2) is 54.5 Å². The standard InChI is InChI=1S/C20H18N6O2S/c1-13-18(23-24-29-13)20(27)25-7-8-28-17(11-25)19-16-5-4-15(10-26(16)12-22-19)14-3-2-6-21-9-14/h2-6,9-10,12,17H,7-8,11H2,1H3/t17-/m1/s1. The highest BCUT2D eigenvalue weighted by Gasteiger charge is 2.30. The molecular formula is C20H18N6O2S. The Bertz CT molecular complexity index is 1170. The summed E-state index contributed by atoms with van der Waals surface area (Å²) >= 11 is 1.24. The summed E-state index contributed by atoms with van der Waals surface area (Å²) in [5.41, 5.74) is 4.31. The van der Waals surface area contributed by atoms with Gasteiger partial charge in [-0.25, -0.2) is 4.98 Å². The zero-order valence-corrected chi connectivity index (χ0v) is 16.5. The Labute approximate surface area is 171 Å². The molecule has 0 radical (unpaired) electrons. The molecule has 1 aliphatic rings. The van der Waals surface area contributed by atoms with E-state index in [1.54, 1.807) is 17.4 Å². The van der Waals surface area contributed by atoms with Crippen molar-refractivity contribution in [2.75, 3.05) is 19.7 Å². The number of imidazole rings is 1. The minimum Gasteiger partial charge on any atom is -0.368 e. The van der Waals surface area contributed by atoms with Crippen molar-refractivity contribution >= 4 is 23.0 Å². The van der Waals surface area contributed by atoms with Crippen molar-refractivity contribution in [1.29, 1.82) is 0 Å². The molecule has 4 aromatic heterocycles. The van der Waals surface area contributed by atoms with E-state index < -0.39 is 0 Å². The topological polar surface area (TPSA) is 85.5 Å². The van der Waals surface area contributed by atoms with Crippen LogP contribution in [0.4, 0.5) is 0 Å². The van der Waals surface area contributed by atoms with Crippen molar-refractivity contribution in [2.24, 2.45) is 0 Å². The third-order valence-corrected chi connectivity index (χ3v) is 5.70. The number of nitrogens with zero attached hydrogens (tertiary/aromatic N) is 6. The van der Waals surface area contributed by atoms with E-state index in [2.05, 4.69) is 19.6 Å². The van der Waals surface area contributed by atoms with Gasteiger partial charge in [0, 0.05) is 30.7 Å². The van der Waals surface area contributed by atoms with Crippen molar-refractivity contribution in [3.63, 3.8) is 0 Å². The molecule has 29 heavy (non-hydrogen) atoms. The van der Waals surface area contributed by atoms with Crippen LogP contribution < -0.4 is 0 Å². The number of aromatic nitrogens is 5. The number of amides is 1. The largest absolute Gasteiger partial charge is 0.368 e. The maximum Gasteiger partial charge on any atom is 0.275 e. The predicted molar refractivity (Wildman–Crippen MR) is 108 cm³/mol. The average molecular weight is 406 g/mol. The first-order valence-electron chi connectivity index (χ1n) is 9.27. The second-order valence-corrected chi connectivity index (χ2v) is 7.83. The summed E-state index contributed by atoms with van der Waals surface area (Å²) in [6, 6.07) is 8.02. The van der Waals surface area contributed by atoms with Gasteiger partial charge in [-0.1, -0.05) is 16.6 Å². The fraction of sp³-hybridized carbons (Fsp3) is 0.250. The zero-order valence-electron chi connectivity index (χ0n) is 15.7. The van der Waals surface area contributed by atoms with Gasteiger partial charge in [-0.3, -0.25) is 9.78 Å². The highest BCUT2D eigenvalue weighted by molar-refractivity contribution is 7.05. The summed E-state index contributed by atoms with van der Waals surface area (Å²) in [5, 5.41) is 3.98. The molecular weight excluding hydrogens is 388 g/mol. The molecule has 9 heteroatoms. The minimum atomic E-state index is -0.283. The lowest BCUT2D eigenvalue weighted by Crippen LogP contribution is -2.42. The van der Waals surface area contributed by atoms with Crippen molar-refractivity contribution in [3.8, 4) is 11.1 Å². The van der Waals surface area contributed by atoms with Crippen LogP contribution in [0.3, 0.4) is 0 Å². The number of ether oxygens (including phenoxy) is 1. The Morgan fingerprint density at radius 3 is 3.00 bits per heavy atom. The third kappa shape index (κ3) is 3.28. The minimum absolute atomic E-state index is 0.105. The van der Waals surface area contributed by atoms with Crippen LogP contribution in [0.25, 0.3) is 16.6 Å². The lowest BCUT2D eigenvalue weighted by Gasteiger charge is -2.32. The molecule has 4 aromatic rings. The summed E-state index contributed by atoms with van der Waals surface area (Å²) in [4.78, 5) is 24.2. The van der Waals surface area contributed by atoms with Gasteiger partial charge in [0.2, 0.25) is 0 Å². The first kappa shape index (κ1) is 17.9. The monoisotopic (exact) mass is 406 g/mol. The number of fused-ring (bicyclic) bond motifs is 1. The number of rotatable bonds is 3. The zero-order chi connectivity index (χ0) is 19.8. The first-order valence-corrected chi connectivity index (χ1v) is 10.0. The molecule has 0 spiro atoms. The van der Waals surface area contributed by atoms with Gasteiger partial charge in [0.25, 0.3) is 5.91 Å². The Balaban J connectivity index is 1.42. The number of hydrogen-bond acceptors (Lipinski definition) is 7. The van der Waals surface area contributed by atoms with Gasteiger partial charge in [0.05, 0.1) is 35.6 Å². The Kier molecular flexibility index (Phi) is 4.53. The second kappa shape index (κ2) is 7.34. The Morgan fingerprint density at radius 2 is 2.21 bits per heavy atom. The van der Waals surface area contributed by atoms with E-state index in [0.29, 0.717) is 25.4 Å². The van der Waals surface area contributed by atoms with E-state index >= 15 is 0 Å². The Hall–Kier alpha value is -3.17. The molecule has 1 amide bonds. The number of pyridine rings is 2. The van der Waals surface area contributed by atoms with Crippen LogP contribution in [0.5, 0.6) is 0 Å². The van der Waals surface area contributed by atoms with Crippen molar-refractivity contribution in [3.05, 3.63) is 65.4 Å². The summed E-state index contributed by atoms with van der Waals surface area (Å²) in [6.07, 6.45) is 7.12. The smallest absolute Gasteiger partial charge is 0.275 e. The van der Waals surface area contributed by atoms with Crippen LogP contribution in [0, 0.1) is 6.92 Å². The van der Waals surface area contributed by atoms with E-state index in [9.17, 15) is 4.79 Å². The van der Waals surface area contributed by atoms with Crippen molar-refractivity contribution < 1.29 is 9.53 Å². The average Bonchev–Trinajstić information content (AvgIpc) is 3.39. The molecule has 5 heterocycles. The second-order valence-electron chi connectivity index (χ2n) is 6.87. The highest BCUT2D eigenvalue weighted by Crippen LogP contribution is 2.28. The van der Waals surface area contributed by atoms with E-state index in [-0.39, 0.29) is 12.0 Å². The molecule has 0 saturated carbocycles. The number of hydrogen-bond donors (Lipinski definition) is 0. The third-order valence-electron chi connectivity index (χ3n) is 5.07. The molecule has 0 aliphatic carbocycles. The van der Waals surface area contributed by atoms with Gasteiger partial charge in [0.15, 0.2) is 5.69 Å². The molecule has 1 aliphatic heterocycles. The van der Waals surface area contributed by atoms with Gasteiger partial charge in [-0.15, -0.1) is 5.10 Å². The van der Waals surface area contributed by atoms with Gasteiger partial charge in [-0.2, -0.15) is 0 Å². The van der Waals surface area contributed by atoms with Gasteiger partial charge in [0.1, 0.15) is 6.10 Å². The summed E-state index contributed by atoms with van der Waals surface area (Å²) in [6.45, 7) is 3.29. The van der Waals surface area contributed by atoms with Gasteiger partial charge >= 0.3 is 0 Å². The Morgan fingerprint density at radius 1 is 1.28 bits per heavy atom. The van der Waals surface area contributed by atoms with E-state index in [4.69, 9.17) is 4.74 Å². The fourth-order valence-corrected chi connectivity index (χ4v) is 4.01. The first-order chi connectivity index (χ1) is 14.2. The van der Waals surface area contributed by atoms with E-state index in [1.807, 2.05) is 48.0 Å². The fourth-order valence-electron chi connectivity index (χ4n) is 3.55. The quantitative estimate of drug-likeness (QED) is 0.520. The number of carbonyl (C=O) groups excluding carboxylic acids is 1. The van der Waals surface area contributed by atoms with Gasteiger partial charge in [-0.05, 0) is 36.2 Å². The SMILES string of the molecule is Cc1snnc1C(=O)N1CCO[C@@H](c2ncn3cc(-c4cccnc4)ccc23)C1. The molecule has 1 saturated heterocycles. The number of carbonyl (C=O) groups is 1. The maximum absolute atomic E-state index is 12.8. The summed E-state index contributed by atoms with van der Waals surface area (Å²) in [7, 11) is 0. The molecule has 0 bridgehead atoms. The predicted octanol–water partition coefficient (Wildman–Crippen LogP) is 2.77. The van der Waals surface area contributed by atoms with Crippen LogP contribution in [-0.2, 0) is 4.74 Å². The van der Waals surface area contributed by atoms with Crippen LogP contribution in [0.2, 0.25) is 0 Å².